The van der Waals surface area contributed by atoms with Gasteiger partial charge in [-0.2, -0.15) is 0 Å². The number of nitrogens with zero attached hydrogens (tertiary/aromatic N) is 1. The lowest BCUT2D eigenvalue weighted by atomic mass is 10.1. The number of aromatic hydroxyl groups is 1. The number of benzene rings is 2. The van der Waals surface area contributed by atoms with Crippen LogP contribution in [0.3, 0.4) is 0 Å². The third kappa shape index (κ3) is 1.81. The van der Waals surface area contributed by atoms with Gasteiger partial charge in [-0.05, 0) is 30.3 Å². The molecule has 1 heterocycles. The highest BCUT2D eigenvalue weighted by molar-refractivity contribution is 6.05. The molecule has 3 aromatic rings. The molecule has 0 amide bonds. The molecule has 1 N–H and O–H groups in total. The summed E-state index contributed by atoms with van der Waals surface area (Å²) in [6.45, 7) is 0. The minimum Gasteiger partial charge on any atom is -0.508 e. The van der Waals surface area contributed by atoms with E-state index in [2.05, 4.69) is 0 Å². The Morgan fingerprint density at radius 2 is 1.74 bits per heavy atom. The van der Waals surface area contributed by atoms with Crippen LogP contribution in [0.4, 0.5) is 5.69 Å². The van der Waals surface area contributed by atoms with Gasteiger partial charge in [0.25, 0.3) is 0 Å². The lowest BCUT2D eigenvalue weighted by Crippen LogP contribution is -2.08. The quantitative estimate of drug-likeness (QED) is 0.536. The zero-order chi connectivity index (χ0) is 13.6. The van der Waals surface area contributed by atoms with E-state index in [0.717, 1.165) is 16.5 Å². The molecule has 0 fully saturated rings. The third-order valence-corrected chi connectivity index (χ3v) is 3.20. The number of hydrogen-bond acceptors (Lipinski definition) is 4. The molecule has 19 heavy (non-hydrogen) atoms. The summed E-state index contributed by atoms with van der Waals surface area (Å²) in [6, 6.07) is 10.5. The second kappa shape index (κ2) is 4.02. The van der Waals surface area contributed by atoms with E-state index in [-0.39, 0.29) is 5.75 Å². The van der Waals surface area contributed by atoms with Crippen LogP contribution in [0.25, 0.3) is 21.7 Å². The lowest BCUT2D eigenvalue weighted by molar-refractivity contribution is 0.475. The van der Waals surface area contributed by atoms with Crippen molar-refractivity contribution < 1.29 is 9.52 Å². The zero-order valence-corrected chi connectivity index (χ0v) is 10.7. The highest BCUT2D eigenvalue weighted by Crippen LogP contribution is 2.27. The van der Waals surface area contributed by atoms with Gasteiger partial charge >= 0.3 is 5.63 Å². The fraction of sp³-hybridized carbons (Fsp3) is 0.133. The van der Waals surface area contributed by atoms with Gasteiger partial charge in [-0.1, -0.05) is 0 Å². The van der Waals surface area contributed by atoms with Crippen LogP contribution in [0.2, 0.25) is 0 Å². The van der Waals surface area contributed by atoms with Crippen molar-refractivity contribution in [3.05, 3.63) is 46.8 Å². The molecule has 0 atom stereocenters. The molecule has 4 heteroatoms. The van der Waals surface area contributed by atoms with Crippen LogP contribution in [-0.2, 0) is 0 Å². The SMILES string of the molecule is CN(C)c1ccc2c(c1)oc(=O)c1cc(O)ccc12. The first-order valence-electron chi connectivity index (χ1n) is 5.93. The molecule has 0 spiro atoms. The van der Waals surface area contributed by atoms with E-state index >= 15 is 0 Å². The van der Waals surface area contributed by atoms with E-state index in [9.17, 15) is 9.90 Å². The standard InChI is InChI=1S/C15H13NO3/c1-16(2)9-3-5-12-11-6-4-10(17)8-13(11)15(18)19-14(12)7-9/h3-8,17H,1-2H3. The summed E-state index contributed by atoms with van der Waals surface area (Å²) in [5, 5.41) is 11.5. The summed E-state index contributed by atoms with van der Waals surface area (Å²) in [6.07, 6.45) is 0. The minimum absolute atomic E-state index is 0.0593. The predicted octanol–water partition coefficient (Wildman–Crippen LogP) is 2.72. The first-order chi connectivity index (χ1) is 9.06. The second-order valence-corrected chi connectivity index (χ2v) is 4.69. The van der Waals surface area contributed by atoms with Gasteiger partial charge < -0.3 is 14.4 Å². The summed E-state index contributed by atoms with van der Waals surface area (Å²) in [5.41, 5.74) is 1.08. The summed E-state index contributed by atoms with van der Waals surface area (Å²) in [4.78, 5) is 13.9. The van der Waals surface area contributed by atoms with Crippen LogP contribution in [0.5, 0.6) is 5.75 Å². The average Bonchev–Trinajstić information content (AvgIpc) is 2.38. The van der Waals surface area contributed by atoms with E-state index in [0.29, 0.717) is 11.0 Å². The topological polar surface area (TPSA) is 53.7 Å². The molecular formula is C15H13NO3. The first-order valence-corrected chi connectivity index (χ1v) is 5.93. The van der Waals surface area contributed by atoms with E-state index in [4.69, 9.17) is 4.42 Å². The van der Waals surface area contributed by atoms with E-state index < -0.39 is 5.63 Å². The largest absolute Gasteiger partial charge is 0.508 e. The van der Waals surface area contributed by atoms with Crippen LogP contribution < -0.4 is 10.5 Å². The Morgan fingerprint density at radius 1 is 1.00 bits per heavy atom. The molecule has 0 radical (unpaired) electrons. The maximum atomic E-state index is 11.9. The Bertz CT molecular complexity index is 834. The summed E-state index contributed by atoms with van der Waals surface area (Å²) < 4.78 is 5.33. The number of rotatable bonds is 1. The van der Waals surface area contributed by atoms with Crippen molar-refractivity contribution in [2.75, 3.05) is 19.0 Å². The molecule has 1 aromatic heterocycles. The van der Waals surface area contributed by atoms with Crippen molar-refractivity contribution in [1.29, 1.82) is 0 Å². The molecule has 0 unspecified atom stereocenters. The van der Waals surface area contributed by atoms with Gasteiger partial charge in [0.2, 0.25) is 0 Å². The van der Waals surface area contributed by atoms with Crippen molar-refractivity contribution in [2.45, 2.75) is 0 Å². The normalized spacial score (nSPS) is 11.1. The number of phenolic OH excluding ortho intramolecular Hbond substituents is 1. The molecule has 96 valence electrons. The molecular weight excluding hydrogens is 242 g/mol. The Labute approximate surface area is 109 Å². The van der Waals surface area contributed by atoms with Crippen molar-refractivity contribution in [3.8, 4) is 5.75 Å². The van der Waals surface area contributed by atoms with E-state index in [1.165, 1.54) is 6.07 Å². The van der Waals surface area contributed by atoms with Crippen molar-refractivity contribution in [1.82, 2.24) is 0 Å². The molecule has 0 saturated carbocycles. The number of anilines is 1. The maximum Gasteiger partial charge on any atom is 0.344 e. The molecule has 3 rings (SSSR count). The molecule has 2 aromatic carbocycles. The van der Waals surface area contributed by atoms with Gasteiger partial charge in [-0.15, -0.1) is 0 Å². The fourth-order valence-corrected chi connectivity index (χ4v) is 2.19. The minimum atomic E-state index is -0.436. The number of phenols is 1. The second-order valence-electron chi connectivity index (χ2n) is 4.69. The van der Waals surface area contributed by atoms with Gasteiger partial charge in [0.15, 0.2) is 0 Å². The monoisotopic (exact) mass is 255 g/mol. The molecule has 0 aliphatic carbocycles. The van der Waals surface area contributed by atoms with Crippen LogP contribution in [0.15, 0.2) is 45.6 Å². The summed E-state index contributed by atoms with van der Waals surface area (Å²) in [7, 11) is 3.86. The number of fused-ring (bicyclic) bond motifs is 3. The summed E-state index contributed by atoms with van der Waals surface area (Å²) >= 11 is 0. The van der Waals surface area contributed by atoms with E-state index in [1.807, 2.05) is 37.2 Å². The molecule has 4 nitrogen and oxygen atoms in total. The van der Waals surface area contributed by atoms with Gasteiger partial charge in [0, 0.05) is 36.6 Å². The van der Waals surface area contributed by atoms with Crippen LogP contribution >= 0.6 is 0 Å². The summed E-state index contributed by atoms with van der Waals surface area (Å²) in [5.74, 6) is 0.0593. The molecule has 0 aliphatic heterocycles. The van der Waals surface area contributed by atoms with Crippen LogP contribution in [0, 0.1) is 0 Å². The molecule has 0 bridgehead atoms. The maximum absolute atomic E-state index is 11.9. The highest BCUT2D eigenvalue weighted by Gasteiger charge is 2.09. The lowest BCUT2D eigenvalue weighted by Gasteiger charge is -2.12. The molecule has 0 saturated heterocycles. The highest BCUT2D eigenvalue weighted by atomic mass is 16.4. The van der Waals surface area contributed by atoms with Crippen molar-refractivity contribution >= 4 is 27.4 Å². The smallest absolute Gasteiger partial charge is 0.344 e. The van der Waals surface area contributed by atoms with Crippen LogP contribution in [-0.4, -0.2) is 19.2 Å². The molecule has 0 aliphatic rings. The fourth-order valence-electron chi connectivity index (χ4n) is 2.19. The number of hydrogen-bond donors (Lipinski definition) is 1. The Balaban J connectivity index is 2.45. The van der Waals surface area contributed by atoms with Crippen molar-refractivity contribution in [2.24, 2.45) is 0 Å². The first kappa shape index (κ1) is 11.6. The van der Waals surface area contributed by atoms with Gasteiger partial charge in [-0.25, -0.2) is 4.79 Å². The predicted molar refractivity (Wildman–Crippen MR) is 76.0 cm³/mol. The average molecular weight is 255 g/mol. The van der Waals surface area contributed by atoms with Gasteiger partial charge in [0.05, 0.1) is 5.39 Å². The third-order valence-electron chi connectivity index (χ3n) is 3.20. The van der Waals surface area contributed by atoms with E-state index in [1.54, 1.807) is 12.1 Å². The van der Waals surface area contributed by atoms with Crippen LogP contribution in [0.1, 0.15) is 0 Å². The van der Waals surface area contributed by atoms with Crippen molar-refractivity contribution in [3.63, 3.8) is 0 Å². The Hall–Kier alpha value is -2.49. The zero-order valence-electron chi connectivity index (χ0n) is 10.7. The van der Waals surface area contributed by atoms with Gasteiger partial charge in [0.1, 0.15) is 11.3 Å². The Kier molecular flexibility index (Phi) is 2.45. The van der Waals surface area contributed by atoms with Gasteiger partial charge in [-0.3, -0.25) is 0 Å². The Morgan fingerprint density at radius 3 is 2.47 bits per heavy atom.